The van der Waals surface area contributed by atoms with Gasteiger partial charge in [0, 0.05) is 11.9 Å². The largest absolute Gasteiger partial charge is 0.399 e. The molecule has 3 aromatic rings. The molecule has 2 aromatic heterocycles. The zero-order valence-electron chi connectivity index (χ0n) is 14.3. The minimum Gasteiger partial charge on any atom is -0.399 e. The highest BCUT2D eigenvalue weighted by Gasteiger charge is 2.09. The SMILES string of the molecule is C.C=C/C=C(\C)c1cn2c(n1)sc1cc(N)ccc12.C=CC.CC. The minimum atomic E-state index is 0. The van der Waals surface area contributed by atoms with E-state index < -0.39 is 0 Å². The molecular weight excluding hydrogens is 314 g/mol. The van der Waals surface area contributed by atoms with E-state index in [1.807, 2.05) is 52.0 Å². The third-order valence-corrected chi connectivity index (χ3v) is 3.91. The van der Waals surface area contributed by atoms with E-state index in [2.05, 4.69) is 28.7 Å². The lowest BCUT2D eigenvalue weighted by Gasteiger charge is -1.94. The van der Waals surface area contributed by atoms with E-state index in [1.54, 1.807) is 23.5 Å². The summed E-state index contributed by atoms with van der Waals surface area (Å²) in [5.41, 5.74) is 9.82. The van der Waals surface area contributed by atoms with Crippen molar-refractivity contribution in [3.63, 3.8) is 0 Å². The van der Waals surface area contributed by atoms with Gasteiger partial charge in [-0.15, -0.1) is 6.58 Å². The molecule has 0 aliphatic carbocycles. The van der Waals surface area contributed by atoms with Gasteiger partial charge in [-0.1, -0.05) is 57.4 Å². The minimum absolute atomic E-state index is 0. The molecule has 0 amide bonds. The first kappa shape index (κ1) is 21.7. The topological polar surface area (TPSA) is 43.3 Å². The fourth-order valence-corrected chi connectivity index (χ4v) is 3.03. The van der Waals surface area contributed by atoms with Crippen molar-refractivity contribution in [3.05, 3.63) is 61.5 Å². The van der Waals surface area contributed by atoms with Crippen molar-refractivity contribution in [2.45, 2.75) is 35.1 Å². The summed E-state index contributed by atoms with van der Waals surface area (Å²) in [5, 5.41) is 0. The molecule has 0 aliphatic rings. The number of nitrogens with two attached hydrogens (primary N) is 1. The lowest BCUT2D eigenvalue weighted by atomic mass is 10.2. The summed E-state index contributed by atoms with van der Waals surface area (Å²) in [5.74, 6) is 0. The maximum absolute atomic E-state index is 5.79. The van der Waals surface area contributed by atoms with Gasteiger partial charge in [0.1, 0.15) is 0 Å². The third-order valence-electron chi connectivity index (χ3n) is 2.89. The van der Waals surface area contributed by atoms with Crippen LogP contribution in [0.25, 0.3) is 20.8 Å². The van der Waals surface area contributed by atoms with Gasteiger partial charge in [-0.25, -0.2) is 4.98 Å². The monoisotopic (exact) mass is 343 g/mol. The Bertz CT molecular complexity index is 822. The lowest BCUT2D eigenvalue weighted by Crippen LogP contribution is -1.83. The number of thiazole rings is 1. The van der Waals surface area contributed by atoms with Crippen molar-refractivity contribution < 1.29 is 0 Å². The lowest BCUT2D eigenvalue weighted by molar-refractivity contribution is 1.29. The first-order valence-electron chi connectivity index (χ1n) is 7.64. The van der Waals surface area contributed by atoms with Crippen LogP contribution in [0, 0.1) is 0 Å². The van der Waals surface area contributed by atoms with Crippen LogP contribution in [0.4, 0.5) is 5.69 Å². The Balaban J connectivity index is 0.000000799. The number of anilines is 1. The smallest absolute Gasteiger partial charge is 0.195 e. The molecule has 1 aromatic carbocycles. The van der Waals surface area contributed by atoms with Gasteiger partial charge in [0.05, 0.1) is 15.9 Å². The number of nitrogens with zero attached hydrogens (tertiary/aromatic N) is 2. The average Bonchev–Trinajstić information content (AvgIpc) is 3.07. The standard InChI is InChI=1S/C14H13N3S.C3H6.C2H6.CH4/c1-3-4-9(2)11-8-17-12-6-5-10(15)7-13(12)18-14(17)16-11;1-3-2;1-2;/h3-8H,1,15H2,2H3;3H,1H2,2H3;1-2H3;1H4/b9-4+;;;. The molecule has 0 saturated heterocycles. The highest BCUT2D eigenvalue weighted by Crippen LogP contribution is 2.29. The Morgan fingerprint density at radius 3 is 2.50 bits per heavy atom. The van der Waals surface area contributed by atoms with Crippen LogP contribution in [0.2, 0.25) is 0 Å². The Morgan fingerprint density at radius 2 is 1.92 bits per heavy atom. The zero-order chi connectivity index (χ0) is 17.4. The van der Waals surface area contributed by atoms with Crippen LogP contribution in [0.5, 0.6) is 0 Å². The molecule has 2 heterocycles. The van der Waals surface area contributed by atoms with E-state index in [-0.39, 0.29) is 7.43 Å². The number of hydrogen-bond donors (Lipinski definition) is 1. The van der Waals surface area contributed by atoms with Gasteiger partial charge in [0.25, 0.3) is 0 Å². The van der Waals surface area contributed by atoms with Crippen LogP contribution in [0.3, 0.4) is 0 Å². The molecule has 130 valence electrons. The van der Waals surface area contributed by atoms with Gasteiger partial charge in [-0.05, 0) is 37.6 Å². The molecule has 0 spiro atoms. The number of rotatable bonds is 2. The summed E-state index contributed by atoms with van der Waals surface area (Å²) in [6.07, 6.45) is 7.55. The van der Waals surface area contributed by atoms with Crippen LogP contribution in [-0.2, 0) is 0 Å². The van der Waals surface area contributed by atoms with Crippen LogP contribution in [0.1, 0.15) is 40.8 Å². The highest BCUT2D eigenvalue weighted by molar-refractivity contribution is 7.23. The first-order valence-corrected chi connectivity index (χ1v) is 8.46. The fourth-order valence-electron chi connectivity index (χ4n) is 1.97. The molecule has 0 radical (unpaired) electrons. The Morgan fingerprint density at radius 1 is 1.29 bits per heavy atom. The van der Waals surface area contributed by atoms with Crippen molar-refractivity contribution in [1.82, 2.24) is 9.38 Å². The third kappa shape index (κ3) is 4.83. The average molecular weight is 344 g/mol. The number of allylic oxidation sites excluding steroid dienone is 4. The predicted molar refractivity (Wildman–Crippen MR) is 113 cm³/mol. The maximum Gasteiger partial charge on any atom is 0.195 e. The molecule has 2 N–H and O–H groups in total. The van der Waals surface area contributed by atoms with Gasteiger partial charge in [0.2, 0.25) is 0 Å². The molecule has 0 bridgehead atoms. The second-order valence-corrected chi connectivity index (χ2v) is 5.61. The molecule has 0 aliphatic heterocycles. The Hall–Kier alpha value is -2.33. The van der Waals surface area contributed by atoms with Crippen molar-refractivity contribution in [2.75, 3.05) is 5.73 Å². The molecule has 3 rings (SSSR count). The summed E-state index contributed by atoms with van der Waals surface area (Å²) < 4.78 is 3.27. The van der Waals surface area contributed by atoms with E-state index in [0.29, 0.717) is 0 Å². The van der Waals surface area contributed by atoms with Gasteiger partial charge >= 0.3 is 0 Å². The second-order valence-electron chi connectivity index (χ2n) is 4.60. The summed E-state index contributed by atoms with van der Waals surface area (Å²) >= 11 is 1.65. The van der Waals surface area contributed by atoms with Crippen LogP contribution in [-0.4, -0.2) is 9.38 Å². The van der Waals surface area contributed by atoms with Gasteiger partial charge in [-0.3, -0.25) is 4.40 Å². The number of fused-ring (bicyclic) bond motifs is 3. The van der Waals surface area contributed by atoms with Gasteiger partial charge in [-0.2, -0.15) is 0 Å². The zero-order valence-corrected chi connectivity index (χ0v) is 15.2. The van der Waals surface area contributed by atoms with E-state index in [9.17, 15) is 0 Å². The van der Waals surface area contributed by atoms with Crippen LogP contribution >= 0.6 is 11.3 Å². The molecule has 0 saturated carbocycles. The first-order chi connectivity index (χ1) is 11.1. The predicted octanol–water partition coefficient (Wildman–Crippen LogP) is 6.58. The molecule has 4 heteroatoms. The van der Waals surface area contributed by atoms with Crippen LogP contribution < -0.4 is 5.73 Å². The van der Waals surface area contributed by atoms with Crippen LogP contribution in [0.15, 0.2) is 55.8 Å². The summed E-state index contributed by atoms with van der Waals surface area (Å²) in [4.78, 5) is 5.61. The number of benzene rings is 1. The van der Waals surface area contributed by atoms with E-state index in [0.717, 1.165) is 32.1 Å². The van der Waals surface area contributed by atoms with Gasteiger partial charge < -0.3 is 5.73 Å². The molecule has 24 heavy (non-hydrogen) atoms. The van der Waals surface area contributed by atoms with Crippen molar-refractivity contribution in [2.24, 2.45) is 0 Å². The highest BCUT2D eigenvalue weighted by atomic mass is 32.1. The summed E-state index contributed by atoms with van der Waals surface area (Å²) in [6, 6.07) is 5.94. The molecular formula is C20H29N3S. The van der Waals surface area contributed by atoms with E-state index in [4.69, 9.17) is 5.73 Å². The quantitative estimate of drug-likeness (QED) is 0.324. The Labute approximate surface area is 149 Å². The van der Waals surface area contributed by atoms with Crippen molar-refractivity contribution in [3.8, 4) is 0 Å². The number of imidazole rings is 1. The van der Waals surface area contributed by atoms with Crippen molar-refractivity contribution >= 4 is 37.8 Å². The number of nitrogen functional groups attached to an aromatic ring is 1. The molecule has 0 fully saturated rings. The van der Waals surface area contributed by atoms with E-state index >= 15 is 0 Å². The maximum atomic E-state index is 5.79. The van der Waals surface area contributed by atoms with Gasteiger partial charge in [0.15, 0.2) is 4.96 Å². The Kier molecular flexibility index (Phi) is 9.43. The molecule has 0 unspecified atom stereocenters. The summed E-state index contributed by atoms with van der Waals surface area (Å²) in [6.45, 7) is 15.0. The normalized spacial score (nSPS) is 10.1. The summed E-state index contributed by atoms with van der Waals surface area (Å²) in [7, 11) is 0. The number of aromatic nitrogens is 2. The fraction of sp³-hybridized carbons (Fsp3) is 0.250. The van der Waals surface area contributed by atoms with Crippen molar-refractivity contribution in [1.29, 1.82) is 0 Å². The second kappa shape index (κ2) is 10.4. The van der Waals surface area contributed by atoms with E-state index in [1.165, 1.54) is 0 Å². The number of hydrogen-bond acceptors (Lipinski definition) is 3. The molecule has 0 atom stereocenters. The molecule has 3 nitrogen and oxygen atoms in total.